The highest BCUT2D eigenvalue weighted by molar-refractivity contribution is 6.19. The number of hydrogen-bond donors (Lipinski definition) is 2. The molecule has 7 heteroatoms. The second-order valence-electron chi connectivity index (χ2n) is 5.71. The van der Waals surface area contributed by atoms with Gasteiger partial charge in [-0.25, -0.2) is 9.79 Å². The van der Waals surface area contributed by atoms with E-state index in [0.29, 0.717) is 28.1 Å². The van der Waals surface area contributed by atoms with Gasteiger partial charge in [0, 0.05) is 17.0 Å². The maximum absolute atomic E-state index is 12.4. The monoisotopic (exact) mass is 363 g/mol. The normalized spacial score (nSPS) is 11.4. The van der Waals surface area contributed by atoms with E-state index in [0.717, 1.165) is 5.39 Å². The molecule has 136 valence electrons. The Morgan fingerprint density at radius 2 is 1.85 bits per heavy atom. The summed E-state index contributed by atoms with van der Waals surface area (Å²) >= 11 is 0. The fourth-order valence-corrected chi connectivity index (χ4v) is 2.55. The lowest BCUT2D eigenvalue weighted by atomic mass is 10.0. The predicted octanol–water partition coefficient (Wildman–Crippen LogP) is 2.50. The molecule has 1 aromatic heterocycles. The molecular weight excluding hydrogens is 346 g/mol. The number of amides is 1. The fraction of sp³-hybridized carbons (Fsp3) is 0.0500. The lowest BCUT2D eigenvalue weighted by molar-refractivity contribution is -0.114. The minimum Gasteiger partial charge on any atom is -0.496 e. The molecule has 1 amide bonds. The Balaban J connectivity index is 2.09. The number of fused-ring (bicyclic) bond motifs is 1. The number of hydrogen-bond acceptors (Lipinski definition) is 5. The molecule has 0 fully saturated rings. The van der Waals surface area contributed by atoms with E-state index in [2.05, 4.69) is 11.6 Å². The van der Waals surface area contributed by atoms with Crippen molar-refractivity contribution in [1.29, 1.82) is 0 Å². The zero-order valence-electron chi connectivity index (χ0n) is 14.6. The second-order valence-corrected chi connectivity index (χ2v) is 5.71. The van der Waals surface area contributed by atoms with Gasteiger partial charge in [-0.15, -0.1) is 0 Å². The molecule has 27 heavy (non-hydrogen) atoms. The molecule has 0 saturated carbocycles. The smallest absolute Gasteiger partial charge is 0.344 e. The van der Waals surface area contributed by atoms with E-state index in [4.69, 9.17) is 20.6 Å². The largest absolute Gasteiger partial charge is 0.496 e. The Morgan fingerprint density at radius 3 is 2.56 bits per heavy atom. The Hall–Kier alpha value is -3.87. The van der Waals surface area contributed by atoms with E-state index in [1.807, 2.05) is 12.1 Å². The van der Waals surface area contributed by atoms with E-state index < -0.39 is 11.5 Å². The van der Waals surface area contributed by atoms with Gasteiger partial charge in [-0.3, -0.25) is 4.79 Å². The van der Waals surface area contributed by atoms with Crippen molar-refractivity contribution >= 4 is 28.4 Å². The van der Waals surface area contributed by atoms with E-state index in [9.17, 15) is 9.59 Å². The van der Waals surface area contributed by atoms with Gasteiger partial charge in [-0.1, -0.05) is 24.8 Å². The van der Waals surface area contributed by atoms with Crippen LogP contribution in [0.15, 0.2) is 74.9 Å². The summed E-state index contributed by atoms with van der Waals surface area (Å²) in [5.41, 5.74) is 12.1. The Labute approximate surface area is 154 Å². The quantitative estimate of drug-likeness (QED) is 0.312. The minimum absolute atomic E-state index is 0.0896. The molecule has 3 aromatic rings. The number of amidine groups is 1. The molecule has 0 unspecified atom stereocenters. The van der Waals surface area contributed by atoms with Crippen molar-refractivity contribution in [1.82, 2.24) is 0 Å². The minimum atomic E-state index is -0.756. The summed E-state index contributed by atoms with van der Waals surface area (Å²) in [5, 5.41) is 0.790. The highest BCUT2D eigenvalue weighted by atomic mass is 16.5. The van der Waals surface area contributed by atoms with E-state index in [1.54, 1.807) is 36.4 Å². The van der Waals surface area contributed by atoms with Crippen molar-refractivity contribution in [3.8, 4) is 16.9 Å². The van der Waals surface area contributed by atoms with Crippen LogP contribution in [0.25, 0.3) is 22.1 Å². The maximum Gasteiger partial charge on any atom is 0.344 e. The molecule has 2 aromatic carbocycles. The first-order valence-electron chi connectivity index (χ1n) is 7.95. The van der Waals surface area contributed by atoms with Crippen LogP contribution in [0.3, 0.4) is 0 Å². The number of primary amides is 1. The van der Waals surface area contributed by atoms with Gasteiger partial charge in [0.1, 0.15) is 17.2 Å². The summed E-state index contributed by atoms with van der Waals surface area (Å²) in [7, 11) is 1.47. The molecule has 0 aliphatic heterocycles. The fourth-order valence-electron chi connectivity index (χ4n) is 2.55. The Bertz CT molecular complexity index is 1150. The van der Waals surface area contributed by atoms with Gasteiger partial charge in [0.25, 0.3) is 5.91 Å². The molecule has 0 saturated heterocycles. The predicted molar refractivity (Wildman–Crippen MR) is 104 cm³/mol. The van der Waals surface area contributed by atoms with Crippen molar-refractivity contribution in [2.24, 2.45) is 16.5 Å². The van der Waals surface area contributed by atoms with Crippen LogP contribution in [0.1, 0.15) is 0 Å². The van der Waals surface area contributed by atoms with Gasteiger partial charge in [-0.2, -0.15) is 0 Å². The van der Waals surface area contributed by atoms with E-state index >= 15 is 0 Å². The number of nitrogens with two attached hydrogens (primary N) is 2. The van der Waals surface area contributed by atoms with Crippen molar-refractivity contribution < 1.29 is 13.9 Å². The molecule has 7 nitrogen and oxygen atoms in total. The van der Waals surface area contributed by atoms with Crippen LogP contribution in [0.2, 0.25) is 0 Å². The van der Waals surface area contributed by atoms with Gasteiger partial charge in [0.05, 0.1) is 23.9 Å². The molecule has 0 radical (unpaired) electrons. The Kier molecular flexibility index (Phi) is 4.76. The van der Waals surface area contributed by atoms with Crippen molar-refractivity contribution in [3.63, 3.8) is 0 Å². The summed E-state index contributed by atoms with van der Waals surface area (Å²) < 4.78 is 10.8. The number of ether oxygens (including phenoxy) is 1. The number of aliphatic imine (C=N–C) groups is 1. The summed E-state index contributed by atoms with van der Waals surface area (Å²) in [6.45, 7) is 3.48. The third-order valence-corrected chi connectivity index (χ3v) is 3.97. The molecule has 1 heterocycles. The summed E-state index contributed by atoms with van der Waals surface area (Å²) in [6, 6.07) is 13.9. The zero-order chi connectivity index (χ0) is 19.6. The first-order valence-corrected chi connectivity index (χ1v) is 7.95. The number of benzene rings is 2. The standard InChI is InChI=1S/C20H17N3O4/c1-11(19(22)24)18(21)23-13-7-8-14(17(10-13)26-2)15-9-12-5-3-4-6-16(12)27-20(15)25/h3-10H,1H2,2H3,(H2,21,23)(H2,22,24). The number of carbonyl (C=O) groups is 1. The highest BCUT2D eigenvalue weighted by Gasteiger charge is 2.14. The first-order chi connectivity index (χ1) is 12.9. The summed E-state index contributed by atoms with van der Waals surface area (Å²) in [4.78, 5) is 27.6. The molecule has 4 N–H and O–H groups in total. The summed E-state index contributed by atoms with van der Waals surface area (Å²) in [5.74, 6) is -0.451. The molecule has 0 bridgehead atoms. The average molecular weight is 363 g/mol. The van der Waals surface area contributed by atoms with Crippen LogP contribution in [0, 0.1) is 0 Å². The van der Waals surface area contributed by atoms with Crippen LogP contribution in [-0.2, 0) is 4.79 Å². The third kappa shape index (κ3) is 3.57. The average Bonchev–Trinajstić information content (AvgIpc) is 2.66. The molecular formula is C20H17N3O4. The second kappa shape index (κ2) is 7.17. The van der Waals surface area contributed by atoms with Gasteiger partial charge >= 0.3 is 5.63 Å². The van der Waals surface area contributed by atoms with E-state index in [-0.39, 0.29) is 11.4 Å². The first kappa shape index (κ1) is 17.9. The number of carbonyl (C=O) groups excluding carboxylic acids is 1. The highest BCUT2D eigenvalue weighted by Crippen LogP contribution is 2.33. The van der Waals surface area contributed by atoms with Crippen molar-refractivity contribution in [2.75, 3.05) is 7.11 Å². The molecule has 0 aliphatic rings. The topological polar surface area (TPSA) is 121 Å². The lowest BCUT2D eigenvalue weighted by Gasteiger charge is -2.10. The number of nitrogens with zero attached hydrogens (tertiary/aromatic N) is 1. The van der Waals surface area contributed by atoms with Crippen LogP contribution >= 0.6 is 0 Å². The maximum atomic E-state index is 12.4. The van der Waals surface area contributed by atoms with Crippen molar-refractivity contribution in [3.05, 3.63) is 71.1 Å². The van der Waals surface area contributed by atoms with Crippen molar-refractivity contribution in [2.45, 2.75) is 0 Å². The van der Waals surface area contributed by atoms with Crippen LogP contribution < -0.4 is 21.8 Å². The van der Waals surface area contributed by atoms with E-state index in [1.165, 1.54) is 7.11 Å². The summed E-state index contributed by atoms with van der Waals surface area (Å²) in [6.07, 6.45) is 0. The van der Waals surface area contributed by atoms with Gasteiger partial charge in [0.15, 0.2) is 0 Å². The Morgan fingerprint density at radius 1 is 1.11 bits per heavy atom. The molecule has 0 atom stereocenters. The third-order valence-electron chi connectivity index (χ3n) is 3.97. The zero-order valence-corrected chi connectivity index (χ0v) is 14.6. The van der Waals surface area contributed by atoms with Gasteiger partial charge in [-0.05, 0) is 24.3 Å². The van der Waals surface area contributed by atoms with Gasteiger partial charge < -0.3 is 20.6 Å². The van der Waals surface area contributed by atoms with Gasteiger partial charge in [0.2, 0.25) is 0 Å². The number of para-hydroxylation sites is 1. The number of methoxy groups -OCH3 is 1. The number of rotatable bonds is 5. The molecule has 0 spiro atoms. The van der Waals surface area contributed by atoms with Crippen LogP contribution in [0.5, 0.6) is 5.75 Å². The van der Waals surface area contributed by atoms with Crippen LogP contribution in [0.4, 0.5) is 5.69 Å². The molecule has 0 aliphatic carbocycles. The lowest BCUT2D eigenvalue weighted by Crippen LogP contribution is -2.25. The molecule has 3 rings (SSSR count). The van der Waals surface area contributed by atoms with Crippen LogP contribution in [-0.4, -0.2) is 18.9 Å². The SMILES string of the molecule is C=C(C(N)=O)C(N)=Nc1ccc(-c2cc3ccccc3oc2=O)c(OC)c1.